The minimum Gasteiger partial charge on any atom is -0.471 e. The van der Waals surface area contributed by atoms with Crippen molar-refractivity contribution in [1.29, 1.82) is 0 Å². The highest BCUT2D eigenvalue weighted by Gasteiger charge is 2.41. The van der Waals surface area contributed by atoms with Gasteiger partial charge in [0.2, 0.25) is 5.88 Å². The van der Waals surface area contributed by atoms with Gasteiger partial charge in [-0.3, -0.25) is 0 Å². The summed E-state index contributed by atoms with van der Waals surface area (Å²) in [5.41, 5.74) is 9.67. The number of hydrogen-bond acceptors (Lipinski definition) is 7. The van der Waals surface area contributed by atoms with E-state index in [1.54, 1.807) is 16.8 Å². The molecule has 0 saturated heterocycles. The summed E-state index contributed by atoms with van der Waals surface area (Å²) in [7, 11) is -1.87. The molecule has 0 radical (unpaired) electrons. The van der Waals surface area contributed by atoms with Gasteiger partial charge in [0.15, 0.2) is 10.8 Å². The number of ether oxygens (including phenoxy) is 1. The average molecular weight is 471 g/mol. The molecule has 0 saturated carbocycles. The summed E-state index contributed by atoms with van der Waals surface area (Å²) >= 11 is 3.05. The molecule has 0 aliphatic carbocycles. The summed E-state index contributed by atoms with van der Waals surface area (Å²) in [4.78, 5) is 18.0. The van der Waals surface area contributed by atoms with E-state index in [-0.39, 0.29) is 0 Å². The van der Waals surface area contributed by atoms with Crippen LogP contribution in [0.15, 0.2) is 28.3 Å². The van der Waals surface area contributed by atoms with Crippen LogP contribution in [0.2, 0.25) is 16.6 Å². The SMILES string of the molecule is CSc1ncc2c(C#C[Si](C(C)C)(C(C)C)C(C)C)cc(OCc3cscn3)nc2n1. The minimum absolute atomic E-state index is 0.373. The first-order valence-electron chi connectivity index (χ1n) is 10.5. The number of rotatable bonds is 7. The molecule has 0 unspecified atom stereocenters. The fraction of sp³-hybridized carbons (Fsp3) is 0.478. The van der Waals surface area contributed by atoms with Gasteiger partial charge in [0.1, 0.15) is 14.7 Å². The van der Waals surface area contributed by atoms with Crippen LogP contribution in [0.3, 0.4) is 0 Å². The highest BCUT2D eigenvalue weighted by molar-refractivity contribution is 7.98. The first-order valence-corrected chi connectivity index (χ1v) is 14.9. The van der Waals surface area contributed by atoms with Gasteiger partial charge in [-0.2, -0.15) is 4.98 Å². The molecule has 0 amide bonds. The second kappa shape index (κ2) is 10.1. The van der Waals surface area contributed by atoms with E-state index in [2.05, 4.69) is 72.9 Å². The van der Waals surface area contributed by atoms with Crippen LogP contribution in [0.5, 0.6) is 5.88 Å². The van der Waals surface area contributed by atoms with E-state index in [9.17, 15) is 0 Å². The number of pyridine rings is 1. The van der Waals surface area contributed by atoms with Gasteiger partial charge in [0.25, 0.3) is 0 Å². The molecule has 3 rings (SSSR count). The first kappa shape index (κ1) is 23.7. The van der Waals surface area contributed by atoms with Crippen molar-refractivity contribution in [3.63, 3.8) is 0 Å². The fourth-order valence-electron chi connectivity index (χ4n) is 4.31. The third-order valence-corrected chi connectivity index (χ3v) is 13.3. The van der Waals surface area contributed by atoms with Gasteiger partial charge in [0.05, 0.1) is 16.6 Å². The zero-order chi connectivity index (χ0) is 22.6. The molecular weight excluding hydrogens is 441 g/mol. The summed E-state index contributed by atoms with van der Waals surface area (Å²) in [6.07, 6.45) is 3.79. The summed E-state index contributed by atoms with van der Waals surface area (Å²) < 4.78 is 5.96. The van der Waals surface area contributed by atoms with Gasteiger partial charge in [-0.1, -0.05) is 59.2 Å². The molecule has 5 nitrogen and oxygen atoms in total. The number of fused-ring (bicyclic) bond motifs is 1. The van der Waals surface area contributed by atoms with E-state index in [1.807, 2.05) is 23.9 Å². The van der Waals surface area contributed by atoms with Crippen LogP contribution in [0.4, 0.5) is 0 Å². The number of thioether (sulfide) groups is 1. The van der Waals surface area contributed by atoms with E-state index in [0.717, 1.165) is 16.6 Å². The molecule has 0 spiro atoms. The zero-order valence-corrected chi connectivity index (χ0v) is 21.9. The molecule has 3 aromatic heterocycles. The number of aromatic nitrogens is 4. The van der Waals surface area contributed by atoms with Crippen molar-refractivity contribution in [2.45, 2.75) is 69.9 Å². The lowest BCUT2D eigenvalue weighted by Crippen LogP contribution is -2.43. The van der Waals surface area contributed by atoms with Gasteiger partial charge in [0, 0.05) is 23.2 Å². The second-order valence-electron chi connectivity index (χ2n) is 8.52. The van der Waals surface area contributed by atoms with Crippen LogP contribution < -0.4 is 4.74 Å². The van der Waals surface area contributed by atoms with Crippen molar-refractivity contribution in [1.82, 2.24) is 19.9 Å². The van der Waals surface area contributed by atoms with Crippen molar-refractivity contribution in [3.05, 3.63) is 34.4 Å². The van der Waals surface area contributed by atoms with Gasteiger partial charge in [-0.05, 0) is 22.9 Å². The van der Waals surface area contributed by atoms with E-state index in [0.29, 0.717) is 39.9 Å². The van der Waals surface area contributed by atoms with Crippen LogP contribution in [0.1, 0.15) is 52.8 Å². The largest absolute Gasteiger partial charge is 0.471 e. The normalized spacial score (nSPS) is 11.9. The predicted molar refractivity (Wildman–Crippen MR) is 133 cm³/mol. The minimum atomic E-state index is -1.87. The Balaban J connectivity index is 2.10. The summed E-state index contributed by atoms with van der Waals surface area (Å²) in [6.45, 7) is 14.3. The van der Waals surface area contributed by atoms with E-state index >= 15 is 0 Å². The van der Waals surface area contributed by atoms with E-state index in [4.69, 9.17) is 4.74 Å². The molecular formula is C23H30N4OS2Si. The maximum absolute atomic E-state index is 5.96. The second-order valence-corrected chi connectivity index (χ2v) is 15.6. The highest BCUT2D eigenvalue weighted by atomic mass is 32.2. The summed E-state index contributed by atoms with van der Waals surface area (Å²) in [6, 6.07) is 1.92. The van der Waals surface area contributed by atoms with Gasteiger partial charge in [-0.15, -0.1) is 16.9 Å². The average Bonchev–Trinajstić information content (AvgIpc) is 3.25. The Labute approximate surface area is 194 Å². The zero-order valence-electron chi connectivity index (χ0n) is 19.3. The van der Waals surface area contributed by atoms with Gasteiger partial charge in [-0.25, -0.2) is 15.0 Å². The fourth-order valence-corrected chi connectivity index (χ4v) is 10.4. The van der Waals surface area contributed by atoms with Crippen molar-refractivity contribution >= 4 is 42.2 Å². The topological polar surface area (TPSA) is 60.8 Å². The third-order valence-electron chi connectivity index (χ3n) is 5.83. The van der Waals surface area contributed by atoms with Crippen molar-refractivity contribution in [2.75, 3.05) is 6.26 Å². The standard InChI is InChI=1S/C23H30N4OS2Si/c1-15(2)31(16(3)4,17(5)6)9-8-18-10-21(28-12-19-13-30-14-25-19)26-22-20(18)11-24-23(27-22)29-7/h10-11,13-17H,12H2,1-7H3. The van der Waals surface area contributed by atoms with Gasteiger partial charge >= 0.3 is 0 Å². The Morgan fingerprint density at radius 1 is 1.06 bits per heavy atom. The Kier molecular flexibility index (Phi) is 7.73. The number of hydrogen-bond donors (Lipinski definition) is 0. The molecule has 0 aliphatic rings. The molecule has 8 heteroatoms. The maximum atomic E-state index is 5.96. The van der Waals surface area contributed by atoms with Crippen LogP contribution in [0, 0.1) is 11.5 Å². The molecule has 0 N–H and O–H groups in total. The molecule has 0 atom stereocenters. The van der Waals surface area contributed by atoms with Crippen LogP contribution in [-0.2, 0) is 6.61 Å². The van der Waals surface area contributed by atoms with Crippen molar-refractivity contribution < 1.29 is 4.74 Å². The molecule has 0 aromatic carbocycles. The molecule has 31 heavy (non-hydrogen) atoms. The van der Waals surface area contributed by atoms with Crippen molar-refractivity contribution in [2.24, 2.45) is 0 Å². The highest BCUT2D eigenvalue weighted by Crippen LogP contribution is 2.41. The van der Waals surface area contributed by atoms with Crippen LogP contribution >= 0.6 is 23.1 Å². The Morgan fingerprint density at radius 2 is 1.77 bits per heavy atom. The monoisotopic (exact) mass is 470 g/mol. The number of thiazole rings is 1. The quantitative estimate of drug-likeness (QED) is 0.173. The molecule has 3 heterocycles. The molecule has 0 bridgehead atoms. The van der Waals surface area contributed by atoms with Crippen LogP contribution in [0.25, 0.3) is 11.0 Å². The van der Waals surface area contributed by atoms with E-state index in [1.165, 1.54) is 11.8 Å². The summed E-state index contributed by atoms with van der Waals surface area (Å²) in [5, 5.41) is 3.53. The van der Waals surface area contributed by atoms with Crippen LogP contribution in [-0.4, -0.2) is 34.3 Å². The van der Waals surface area contributed by atoms with E-state index < -0.39 is 8.07 Å². The lowest BCUT2D eigenvalue weighted by Gasteiger charge is -2.38. The Bertz CT molecular complexity index is 1070. The first-order chi connectivity index (χ1) is 14.8. The smallest absolute Gasteiger partial charge is 0.216 e. The molecule has 3 aromatic rings. The Hall–Kier alpha value is -1.95. The molecule has 164 valence electrons. The number of nitrogens with zero attached hydrogens (tertiary/aromatic N) is 4. The third kappa shape index (κ3) is 5.11. The summed E-state index contributed by atoms with van der Waals surface area (Å²) in [5.74, 6) is 4.05. The molecule has 0 aliphatic heterocycles. The predicted octanol–water partition coefficient (Wildman–Crippen LogP) is 6.35. The lowest BCUT2D eigenvalue weighted by atomic mass is 10.2. The molecule has 0 fully saturated rings. The Morgan fingerprint density at radius 3 is 2.35 bits per heavy atom. The maximum Gasteiger partial charge on any atom is 0.216 e. The van der Waals surface area contributed by atoms with Gasteiger partial charge < -0.3 is 4.74 Å². The lowest BCUT2D eigenvalue weighted by molar-refractivity contribution is 0.291. The van der Waals surface area contributed by atoms with Crippen molar-refractivity contribution in [3.8, 4) is 17.3 Å².